The minimum atomic E-state index is 0.00308. The van der Waals surface area contributed by atoms with Gasteiger partial charge in [-0.1, -0.05) is 6.92 Å². The molecule has 0 spiro atoms. The van der Waals surface area contributed by atoms with E-state index in [1.807, 2.05) is 0 Å². The lowest BCUT2D eigenvalue weighted by atomic mass is 10.1. The molecule has 0 aromatic rings. The molecule has 13 heavy (non-hydrogen) atoms. The monoisotopic (exact) mass is 183 g/mol. The van der Waals surface area contributed by atoms with Gasteiger partial charge in [0.1, 0.15) is 5.78 Å². The topological polar surface area (TPSA) is 46.2 Å². The van der Waals surface area contributed by atoms with Gasteiger partial charge < -0.3 is 10.1 Å². The lowest BCUT2D eigenvalue weighted by Gasteiger charge is -2.09. The summed E-state index contributed by atoms with van der Waals surface area (Å²) in [6.45, 7) is 4.44. The van der Waals surface area contributed by atoms with Crippen molar-refractivity contribution in [3.8, 4) is 0 Å². The Morgan fingerprint density at radius 3 is 2.38 bits per heavy atom. The lowest BCUT2D eigenvalue weighted by molar-refractivity contribution is -0.124. The SMILES string of the molecule is CC(=O)CCC(=O)NCC1(C)CC1. The Balaban J connectivity index is 2.07. The number of hydrogen-bond acceptors (Lipinski definition) is 2. The number of nitrogens with one attached hydrogen (secondary N) is 1. The highest BCUT2D eigenvalue weighted by atomic mass is 16.2. The summed E-state index contributed by atoms with van der Waals surface area (Å²) < 4.78 is 0. The Kier molecular flexibility index (Phi) is 3.07. The van der Waals surface area contributed by atoms with Crippen molar-refractivity contribution in [3.63, 3.8) is 0 Å². The van der Waals surface area contributed by atoms with Crippen LogP contribution in [0.1, 0.15) is 39.5 Å². The number of carbonyl (C=O) groups is 2. The zero-order valence-electron chi connectivity index (χ0n) is 8.35. The highest BCUT2D eigenvalue weighted by Crippen LogP contribution is 2.43. The van der Waals surface area contributed by atoms with Crippen molar-refractivity contribution in [2.24, 2.45) is 5.41 Å². The molecule has 0 heterocycles. The molecule has 0 bridgehead atoms. The summed E-state index contributed by atoms with van der Waals surface area (Å²) >= 11 is 0. The normalized spacial score (nSPS) is 18.0. The van der Waals surface area contributed by atoms with E-state index in [9.17, 15) is 9.59 Å². The number of ketones is 1. The third-order valence-corrected chi connectivity index (χ3v) is 2.52. The second-order valence-corrected chi connectivity index (χ2v) is 4.29. The van der Waals surface area contributed by atoms with Crippen molar-refractivity contribution >= 4 is 11.7 Å². The van der Waals surface area contributed by atoms with E-state index in [0.29, 0.717) is 18.3 Å². The molecule has 0 radical (unpaired) electrons. The molecule has 0 aromatic carbocycles. The van der Waals surface area contributed by atoms with Crippen LogP contribution in [0.4, 0.5) is 0 Å². The molecule has 0 atom stereocenters. The van der Waals surface area contributed by atoms with Gasteiger partial charge in [-0.25, -0.2) is 0 Å². The first-order valence-corrected chi connectivity index (χ1v) is 4.78. The van der Waals surface area contributed by atoms with E-state index in [1.54, 1.807) is 0 Å². The van der Waals surface area contributed by atoms with Gasteiger partial charge in [-0.3, -0.25) is 4.79 Å². The van der Waals surface area contributed by atoms with E-state index in [2.05, 4.69) is 12.2 Å². The van der Waals surface area contributed by atoms with Gasteiger partial charge in [0.2, 0.25) is 5.91 Å². The summed E-state index contributed by atoms with van der Waals surface area (Å²) in [5.74, 6) is 0.0797. The van der Waals surface area contributed by atoms with Gasteiger partial charge in [0.25, 0.3) is 0 Å². The molecule has 3 nitrogen and oxygen atoms in total. The van der Waals surface area contributed by atoms with Crippen LogP contribution in [0.5, 0.6) is 0 Å². The summed E-state index contributed by atoms with van der Waals surface area (Å²) in [7, 11) is 0. The Hall–Kier alpha value is -0.860. The van der Waals surface area contributed by atoms with Gasteiger partial charge in [0.05, 0.1) is 0 Å². The van der Waals surface area contributed by atoms with Crippen LogP contribution >= 0.6 is 0 Å². The van der Waals surface area contributed by atoms with E-state index in [1.165, 1.54) is 19.8 Å². The van der Waals surface area contributed by atoms with E-state index in [-0.39, 0.29) is 11.7 Å². The van der Waals surface area contributed by atoms with Crippen LogP contribution in [0.15, 0.2) is 0 Å². The summed E-state index contributed by atoms with van der Waals surface area (Å²) in [6.07, 6.45) is 3.12. The fraction of sp³-hybridized carbons (Fsp3) is 0.800. The smallest absolute Gasteiger partial charge is 0.220 e. The fourth-order valence-electron chi connectivity index (χ4n) is 1.08. The quantitative estimate of drug-likeness (QED) is 0.697. The van der Waals surface area contributed by atoms with Crippen molar-refractivity contribution in [2.75, 3.05) is 6.54 Å². The fourth-order valence-corrected chi connectivity index (χ4v) is 1.08. The molecule has 1 saturated carbocycles. The predicted molar refractivity (Wildman–Crippen MR) is 50.3 cm³/mol. The molecular weight excluding hydrogens is 166 g/mol. The summed E-state index contributed by atoms with van der Waals surface area (Å²) in [5, 5.41) is 2.85. The zero-order valence-corrected chi connectivity index (χ0v) is 8.35. The van der Waals surface area contributed by atoms with Crippen molar-refractivity contribution in [1.82, 2.24) is 5.32 Å². The van der Waals surface area contributed by atoms with E-state index >= 15 is 0 Å². The molecule has 1 rings (SSSR count). The van der Waals surface area contributed by atoms with Gasteiger partial charge in [-0.15, -0.1) is 0 Å². The first-order chi connectivity index (χ1) is 6.02. The van der Waals surface area contributed by atoms with Crippen LogP contribution in [0.2, 0.25) is 0 Å². The molecule has 0 saturated heterocycles. The van der Waals surface area contributed by atoms with Crippen molar-refractivity contribution < 1.29 is 9.59 Å². The lowest BCUT2D eigenvalue weighted by Crippen LogP contribution is -2.29. The van der Waals surface area contributed by atoms with Gasteiger partial charge in [-0.2, -0.15) is 0 Å². The second-order valence-electron chi connectivity index (χ2n) is 4.29. The van der Waals surface area contributed by atoms with Crippen LogP contribution in [-0.4, -0.2) is 18.2 Å². The average molecular weight is 183 g/mol. The molecule has 0 unspecified atom stereocenters. The number of hydrogen-bond donors (Lipinski definition) is 1. The Morgan fingerprint density at radius 1 is 1.31 bits per heavy atom. The Bertz CT molecular complexity index is 219. The van der Waals surface area contributed by atoms with E-state index < -0.39 is 0 Å². The molecular formula is C10H17NO2. The van der Waals surface area contributed by atoms with Crippen molar-refractivity contribution in [3.05, 3.63) is 0 Å². The molecule has 1 aliphatic rings. The predicted octanol–water partition coefficient (Wildman–Crippen LogP) is 1.27. The maximum atomic E-state index is 11.2. The van der Waals surface area contributed by atoms with Gasteiger partial charge in [-0.05, 0) is 25.2 Å². The summed E-state index contributed by atoms with van der Waals surface area (Å²) in [5.41, 5.74) is 0.353. The molecule has 0 aromatic heterocycles. The molecule has 74 valence electrons. The number of Topliss-reactive ketones (excluding diaryl/α,β-unsaturated/α-hetero) is 1. The zero-order chi connectivity index (χ0) is 9.90. The highest BCUT2D eigenvalue weighted by Gasteiger charge is 2.37. The summed E-state index contributed by atoms with van der Waals surface area (Å²) in [6, 6.07) is 0. The van der Waals surface area contributed by atoms with Crippen LogP contribution in [0.3, 0.4) is 0 Å². The first-order valence-electron chi connectivity index (χ1n) is 4.78. The second kappa shape index (κ2) is 3.90. The Labute approximate surface area is 78.9 Å². The largest absolute Gasteiger partial charge is 0.356 e. The molecule has 1 fully saturated rings. The first kappa shape index (κ1) is 10.2. The van der Waals surface area contributed by atoms with Gasteiger partial charge in [0, 0.05) is 19.4 Å². The van der Waals surface area contributed by atoms with Crippen LogP contribution in [0.25, 0.3) is 0 Å². The number of amides is 1. The minimum Gasteiger partial charge on any atom is -0.356 e. The van der Waals surface area contributed by atoms with Crippen LogP contribution < -0.4 is 5.32 Å². The standard InChI is InChI=1S/C10H17NO2/c1-8(12)3-4-9(13)11-7-10(2)5-6-10/h3-7H2,1-2H3,(H,11,13). The van der Waals surface area contributed by atoms with E-state index in [4.69, 9.17) is 0 Å². The van der Waals surface area contributed by atoms with E-state index in [0.717, 1.165) is 6.54 Å². The highest BCUT2D eigenvalue weighted by molar-refractivity contribution is 5.83. The summed E-state index contributed by atoms with van der Waals surface area (Å²) in [4.78, 5) is 21.7. The third-order valence-electron chi connectivity index (χ3n) is 2.52. The molecule has 1 N–H and O–H groups in total. The molecule has 1 aliphatic carbocycles. The molecule has 1 amide bonds. The number of carbonyl (C=O) groups excluding carboxylic acids is 2. The van der Waals surface area contributed by atoms with Crippen molar-refractivity contribution in [2.45, 2.75) is 39.5 Å². The minimum absolute atomic E-state index is 0.00308. The van der Waals surface area contributed by atoms with Crippen LogP contribution in [-0.2, 0) is 9.59 Å². The number of rotatable bonds is 5. The van der Waals surface area contributed by atoms with Gasteiger partial charge in [0.15, 0.2) is 0 Å². The van der Waals surface area contributed by atoms with Crippen LogP contribution in [0, 0.1) is 5.41 Å². The third kappa shape index (κ3) is 4.06. The van der Waals surface area contributed by atoms with Gasteiger partial charge >= 0.3 is 0 Å². The molecule has 0 aliphatic heterocycles. The maximum Gasteiger partial charge on any atom is 0.220 e. The van der Waals surface area contributed by atoms with Crippen molar-refractivity contribution in [1.29, 1.82) is 0 Å². The average Bonchev–Trinajstić information content (AvgIpc) is 2.77. The maximum absolute atomic E-state index is 11.2. The Morgan fingerprint density at radius 2 is 1.92 bits per heavy atom. The molecule has 3 heteroatoms.